The zero-order chi connectivity index (χ0) is 21.4. The van der Waals surface area contributed by atoms with Crippen LogP contribution in [-0.4, -0.2) is 50.4 Å². The lowest BCUT2D eigenvalue weighted by molar-refractivity contribution is 0.219. The molecule has 0 amide bonds. The summed E-state index contributed by atoms with van der Waals surface area (Å²) < 4.78 is 0. The number of aromatic nitrogens is 4. The van der Waals surface area contributed by atoms with Gasteiger partial charge < -0.3 is 15.3 Å². The van der Waals surface area contributed by atoms with Gasteiger partial charge in [-0.25, -0.2) is 9.97 Å². The topological polar surface area (TPSA) is 111 Å². The van der Waals surface area contributed by atoms with E-state index in [1.807, 2.05) is 12.1 Å². The van der Waals surface area contributed by atoms with Crippen LogP contribution in [0, 0.1) is 11.3 Å². The maximum atomic E-state index is 10.5. The number of phenols is 1. The van der Waals surface area contributed by atoms with E-state index < -0.39 is 0 Å². The molecule has 3 aromatic rings. The highest BCUT2D eigenvalue weighted by atomic mass is 32.1. The lowest BCUT2D eigenvalue weighted by Crippen LogP contribution is -2.54. The highest BCUT2D eigenvalue weighted by Crippen LogP contribution is 2.34. The molecule has 4 heterocycles. The number of hydrogen-bond donors (Lipinski definition) is 2. The molecule has 2 aliphatic heterocycles. The Morgan fingerprint density at radius 1 is 1.16 bits per heavy atom. The fraction of sp³-hybridized carbons (Fsp3) is 0.409. The second kappa shape index (κ2) is 8.21. The molecule has 3 atom stereocenters. The monoisotopic (exact) mass is 433 g/mol. The first-order valence-electron chi connectivity index (χ1n) is 10.5. The van der Waals surface area contributed by atoms with Crippen LogP contribution in [0.1, 0.15) is 37.1 Å². The number of nitrogens with one attached hydrogen (secondary N) is 1. The van der Waals surface area contributed by atoms with Crippen molar-refractivity contribution >= 4 is 17.2 Å². The average molecular weight is 434 g/mol. The normalized spacial score (nSPS) is 22.6. The Morgan fingerprint density at radius 2 is 1.97 bits per heavy atom. The van der Waals surface area contributed by atoms with Crippen LogP contribution in [0.5, 0.6) is 5.75 Å². The third kappa shape index (κ3) is 3.96. The van der Waals surface area contributed by atoms with Crippen LogP contribution in [-0.2, 0) is 0 Å². The van der Waals surface area contributed by atoms with Gasteiger partial charge in [0.1, 0.15) is 11.8 Å². The zero-order valence-electron chi connectivity index (χ0n) is 17.2. The van der Waals surface area contributed by atoms with E-state index in [0.717, 1.165) is 29.1 Å². The predicted octanol–water partition coefficient (Wildman–Crippen LogP) is 3.35. The van der Waals surface area contributed by atoms with Crippen molar-refractivity contribution in [2.45, 2.75) is 50.2 Å². The second-order valence-electron chi connectivity index (χ2n) is 8.24. The van der Waals surface area contributed by atoms with Crippen molar-refractivity contribution < 1.29 is 5.11 Å². The molecule has 2 N–H and O–H groups in total. The SMILES string of the molecule is CN(c1cnc(-c2ccc(-c3cnc(C#N)s3)cc2O)nn1)C1C[C@H]2CCC[C@@H](C1)N2. The molecule has 0 aliphatic carbocycles. The largest absolute Gasteiger partial charge is 0.507 e. The Balaban J connectivity index is 1.33. The van der Waals surface area contributed by atoms with Gasteiger partial charge in [0.25, 0.3) is 0 Å². The number of thiazole rings is 1. The van der Waals surface area contributed by atoms with Gasteiger partial charge in [-0.1, -0.05) is 12.5 Å². The molecule has 0 spiro atoms. The Hall–Kier alpha value is -3.09. The third-order valence-corrected chi connectivity index (χ3v) is 7.22. The molecule has 0 radical (unpaired) electrons. The molecule has 2 saturated heterocycles. The molecule has 31 heavy (non-hydrogen) atoms. The summed E-state index contributed by atoms with van der Waals surface area (Å²) in [5.74, 6) is 1.20. The summed E-state index contributed by atoms with van der Waals surface area (Å²) >= 11 is 1.28. The fourth-order valence-corrected chi connectivity index (χ4v) is 5.34. The Labute approximate surface area is 184 Å². The number of fused-ring (bicyclic) bond motifs is 2. The predicted molar refractivity (Wildman–Crippen MR) is 119 cm³/mol. The number of rotatable bonds is 4. The minimum Gasteiger partial charge on any atom is -0.507 e. The molecular weight excluding hydrogens is 410 g/mol. The summed E-state index contributed by atoms with van der Waals surface area (Å²) in [5.41, 5.74) is 1.31. The van der Waals surface area contributed by atoms with Crippen molar-refractivity contribution in [2.75, 3.05) is 11.9 Å². The Bertz CT molecular complexity index is 1110. The van der Waals surface area contributed by atoms with Crippen LogP contribution in [0.4, 0.5) is 5.82 Å². The van der Waals surface area contributed by atoms with Crippen LogP contribution in [0.3, 0.4) is 0 Å². The summed E-state index contributed by atoms with van der Waals surface area (Å²) in [6.07, 6.45) is 9.41. The number of nitriles is 1. The maximum absolute atomic E-state index is 10.5. The Morgan fingerprint density at radius 3 is 2.61 bits per heavy atom. The number of benzene rings is 1. The van der Waals surface area contributed by atoms with E-state index in [1.165, 1.54) is 30.6 Å². The molecular formula is C22H23N7OS. The molecule has 2 aromatic heterocycles. The van der Waals surface area contributed by atoms with Crippen LogP contribution in [0.2, 0.25) is 0 Å². The zero-order valence-corrected chi connectivity index (χ0v) is 18.0. The maximum Gasteiger partial charge on any atom is 0.194 e. The second-order valence-corrected chi connectivity index (χ2v) is 9.27. The third-order valence-electron chi connectivity index (χ3n) is 6.27. The van der Waals surface area contributed by atoms with Crippen molar-refractivity contribution in [3.05, 3.63) is 35.6 Å². The first-order valence-corrected chi connectivity index (χ1v) is 11.3. The highest BCUT2D eigenvalue weighted by Gasteiger charge is 2.33. The number of phenolic OH excluding ortho intramolecular Hbond substituents is 1. The van der Waals surface area contributed by atoms with Gasteiger partial charge in [0.05, 0.1) is 16.6 Å². The molecule has 1 aromatic carbocycles. The molecule has 2 bridgehead atoms. The van der Waals surface area contributed by atoms with Gasteiger partial charge in [0, 0.05) is 31.4 Å². The van der Waals surface area contributed by atoms with Gasteiger partial charge >= 0.3 is 0 Å². The van der Waals surface area contributed by atoms with Gasteiger partial charge in [-0.05, 0) is 43.4 Å². The molecule has 2 fully saturated rings. The van der Waals surface area contributed by atoms with E-state index >= 15 is 0 Å². The minimum atomic E-state index is 0.0680. The standard InChI is InChI=1S/C22H23N7OS/c1-29(16-8-14-3-2-4-15(9-16)26-14)20-12-25-22(28-27-20)17-6-5-13(7-18(17)30)19-11-24-21(10-23)31-19/h5-7,11-12,14-16,26,30H,2-4,8-9H2,1H3/t14-,15+,16?. The van der Waals surface area contributed by atoms with Crippen molar-refractivity contribution in [1.82, 2.24) is 25.5 Å². The number of hydrogen-bond acceptors (Lipinski definition) is 9. The first-order chi connectivity index (χ1) is 15.1. The molecule has 158 valence electrons. The summed E-state index contributed by atoms with van der Waals surface area (Å²) in [6, 6.07) is 8.92. The molecule has 8 nitrogen and oxygen atoms in total. The molecule has 0 saturated carbocycles. The van der Waals surface area contributed by atoms with Crippen LogP contribution in [0.15, 0.2) is 30.6 Å². The summed E-state index contributed by atoms with van der Waals surface area (Å²) in [4.78, 5) is 11.5. The minimum absolute atomic E-state index is 0.0680. The van der Waals surface area contributed by atoms with Gasteiger partial charge in [-0.15, -0.1) is 21.5 Å². The number of anilines is 1. The van der Waals surface area contributed by atoms with Gasteiger partial charge in [0.2, 0.25) is 0 Å². The van der Waals surface area contributed by atoms with Crippen molar-refractivity contribution in [2.24, 2.45) is 0 Å². The first kappa shape index (κ1) is 19.8. The van der Waals surface area contributed by atoms with Gasteiger partial charge in [-0.3, -0.25) is 0 Å². The molecule has 5 rings (SSSR count). The number of nitrogens with zero attached hydrogens (tertiary/aromatic N) is 6. The van der Waals surface area contributed by atoms with Gasteiger partial charge in [0.15, 0.2) is 16.6 Å². The van der Waals surface area contributed by atoms with E-state index in [2.05, 4.69) is 37.4 Å². The summed E-state index contributed by atoms with van der Waals surface area (Å²) in [7, 11) is 2.06. The van der Waals surface area contributed by atoms with Crippen molar-refractivity contribution in [3.63, 3.8) is 0 Å². The van der Waals surface area contributed by atoms with Crippen LogP contribution < -0.4 is 10.2 Å². The van der Waals surface area contributed by atoms with Crippen LogP contribution >= 0.6 is 11.3 Å². The average Bonchev–Trinajstić information content (AvgIpc) is 3.28. The van der Waals surface area contributed by atoms with E-state index in [0.29, 0.717) is 34.5 Å². The molecule has 2 aliphatic rings. The lowest BCUT2D eigenvalue weighted by Gasteiger charge is -2.43. The van der Waals surface area contributed by atoms with E-state index in [1.54, 1.807) is 24.5 Å². The van der Waals surface area contributed by atoms with Crippen molar-refractivity contribution in [1.29, 1.82) is 5.26 Å². The van der Waals surface area contributed by atoms with Crippen LogP contribution in [0.25, 0.3) is 21.8 Å². The quantitative estimate of drug-likeness (QED) is 0.644. The number of piperidine rings is 2. The number of aromatic hydroxyl groups is 1. The van der Waals surface area contributed by atoms with E-state index in [-0.39, 0.29) is 5.75 Å². The molecule has 1 unspecified atom stereocenters. The summed E-state index contributed by atoms with van der Waals surface area (Å²) in [5, 5.41) is 32.3. The smallest absolute Gasteiger partial charge is 0.194 e. The Kier molecular flexibility index (Phi) is 5.26. The van der Waals surface area contributed by atoms with E-state index in [9.17, 15) is 5.11 Å². The van der Waals surface area contributed by atoms with Gasteiger partial charge in [-0.2, -0.15) is 5.26 Å². The van der Waals surface area contributed by atoms with E-state index in [4.69, 9.17) is 5.26 Å². The summed E-state index contributed by atoms with van der Waals surface area (Å²) in [6.45, 7) is 0. The molecule has 9 heteroatoms. The highest BCUT2D eigenvalue weighted by molar-refractivity contribution is 7.15. The fourth-order valence-electron chi connectivity index (χ4n) is 4.63. The lowest BCUT2D eigenvalue weighted by atomic mass is 9.83. The van der Waals surface area contributed by atoms with Crippen molar-refractivity contribution in [3.8, 4) is 33.6 Å².